The quantitative estimate of drug-likeness (QED) is 0.563. The van der Waals surface area contributed by atoms with Gasteiger partial charge < -0.3 is 0 Å². The van der Waals surface area contributed by atoms with E-state index in [0.717, 1.165) is 0 Å². The molecule has 4 heteroatoms. The molecule has 1 amide bonds. The molecular weight excluding hydrogens is 183 g/mol. The van der Waals surface area contributed by atoms with Crippen molar-refractivity contribution in [3.05, 3.63) is 0 Å². The van der Waals surface area contributed by atoms with Gasteiger partial charge in [-0.15, -0.1) is 0 Å². The molecule has 0 aromatic carbocycles. The number of carbonyl (C=O) groups is 1. The van der Waals surface area contributed by atoms with Crippen LogP contribution in [0.25, 0.3) is 0 Å². The Morgan fingerprint density at radius 3 is 2.00 bits per heavy atom. The van der Waals surface area contributed by atoms with Crippen molar-refractivity contribution in [2.24, 2.45) is 11.5 Å². The molecule has 1 atom stereocenters. The van der Waals surface area contributed by atoms with Gasteiger partial charge in [-0.05, 0) is 0 Å². The van der Waals surface area contributed by atoms with Gasteiger partial charge >= 0.3 is 62.4 Å². The van der Waals surface area contributed by atoms with E-state index in [2.05, 4.69) is 16.0 Å². The van der Waals surface area contributed by atoms with Crippen LogP contribution in [0.4, 0.5) is 0 Å². The zero-order valence-corrected chi connectivity index (χ0v) is 7.26. The number of rotatable bonds is 2. The second kappa shape index (κ2) is 2.69. The van der Waals surface area contributed by atoms with Gasteiger partial charge in [0.25, 0.3) is 0 Å². The van der Waals surface area contributed by atoms with Crippen molar-refractivity contribution in [1.82, 2.24) is 0 Å². The molecule has 3 nitrogen and oxygen atoms in total. The number of primary amides is 1. The van der Waals surface area contributed by atoms with Gasteiger partial charge in [-0.25, -0.2) is 0 Å². The molecule has 4 N–H and O–H groups in total. The fourth-order valence-electron chi connectivity index (χ4n) is 0.343. The van der Waals surface area contributed by atoms with Crippen LogP contribution in [0.1, 0.15) is 13.8 Å². The predicted molar refractivity (Wildman–Crippen MR) is 37.0 cm³/mol. The Hall–Kier alpha value is -0.0505. The van der Waals surface area contributed by atoms with Gasteiger partial charge in [0.2, 0.25) is 0 Å². The standard InChI is InChI=1S/C5H11N2OSe/c1-5(2,9)3(6)4(7)8/h3H,6H2,1-2H3,(H2,7,8)/t3-/m0/s1. The fraction of sp³-hybridized carbons (Fsp3) is 0.800. The first kappa shape index (κ1) is 8.95. The molecule has 0 heterocycles. The topological polar surface area (TPSA) is 69.1 Å². The number of carbonyl (C=O) groups excluding carboxylic acids is 1. The zero-order chi connectivity index (χ0) is 7.65. The Bertz CT molecular complexity index is 119. The summed E-state index contributed by atoms with van der Waals surface area (Å²) in [6, 6.07) is -0.600. The molecule has 0 saturated carbocycles. The van der Waals surface area contributed by atoms with Crippen molar-refractivity contribution >= 4 is 21.9 Å². The number of hydrogen-bond donors (Lipinski definition) is 2. The Morgan fingerprint density at radius 1 is 1.67 bits per heavy atom. The minimum atomic E-state index is -0.600. The number of amides is 1. The summed E-state index contributed by atoms with van der Waals surface area (Å²) in [4.78, 5) is 10.4. The van der Waals surface area contributed by atoms with Crippen LogP contribution in [0.15, 0.2) is 0 Å². The molecule has 0 aliphatic heterocycles. The maximum absolute atomic E-state index is 10.4. The van der Waals surface area contributed by atoms with E-state index < -0.39 is 11.9 Å². The molecule has 0 spiro atoms. The van der Waals surface area contributed by atoms with Gasteiger partial charge in [0, 0.05) is 0 Å². The van der Waals surface area contributed by atoms with Gasteiger partial charge in [0.15, 0.2) is 0 Å². The Labute approximate surface area is 63.0 Å². The van der Waals surface area contributed by atoms with Gasteiger partial charge in [-0.1, -0.05) is 0 Å². The minimum absolute atomic E-state index is 0.341. The van der Waals surface area contributed by atoms with E-state index >= 15 is 0 Å². The average molecular weight is 194 g/mol. The van der Waals surface area contributed by atoms with Crippen molar-refractivity contribution in [1.29, 1.82) is 0 Å². The van der Waals surface area contributed by atoms with Gasteiger partial charge in [-0.3, -0.25) is 0 Å². The summed E-state index contributed by atoms with van der Waals surface area (Å²) < 4.78 is -0.341. The summed E-state index contributed by atoms with van der Waals surface area (Å²) in [6.07, 6.45) is 0. The molecule has 0 aliphatic carbocycles. The third kappa shape index (κ3) is 2.84. The van der Waals surface area contributed by atoms with E-state index in [0.29, 0.717) is 0 Å². The Balaban J connectivity index is 4.04. The monoisotopic (exact) mass is 195 g/mol. The van der Waals surface area contributed by atoms with Crippen LogP contribution >= 0.6 is 0 Å². The summed E-state index contributed by atoms with van der Waals surface area (Å²) >= 11 is 2.77. The van der Waals surface area contributed by atoms with Gasteiger partial charge in [0.05, 0.1) is 0 Å². The van der Waals surface area contributed by atoms with Crippen molar-refractivity contribution in [2.45, 2.75) is 24.2 Å². The van der Waals surface area contributed by atoms with Crippen LogP contribution in [0.3, 0.4) is 0 Å². The molecule has 0 bridgehead atoms. The van der Waals surface area contributed by atoms with Gasteiger partial charge in [0.1, 0.15) is 0 Å². The number of hydrogen-bond acceptors (Lipinski definition) is 2. The Kier molecular flexibility index (Phi) is 2.67. The SMILES string of the molecule is CC(C)([Se])[C@@H](N)C(N)=O. The molecule has 1 radical (unpaired) electrons. The van der Waals surface area contributed by atoms with Gasteiger partial charge in [-0.2, -0.15) is 0 Å². The molecule has 0 saturated heterocycles. The van der Waals surface area contributed by atoms with Crippen molar-refractivity contribution in [2.75, 3.05) is 0 Å². The fourth-order valence-corrected chi connectivity index (χ4v) is 0.586. The van der Waals surface area contributed by atoms with E-state index in [1.807, 2.05) is 13.8 Å². The van der Waals surface area contributed by atoms with Crippen LogP contribution in [0.5, 0.6) is 0 Å². The second-order valence-electron chi connectivity index (χ2n) is 2.48. The predicted octanol–water partition coefficient (Wildman–Crippen LogP) is -0.834. The summed E-state index contributed by atoms with van der Waals surface area (Å²) in [5.41, 5.74) is 10.3. The second-order valence-corrected chi connectivity index (χ2v) is 4.69. The first-order valence-electron chi connectivity index (χ1n) is 2.61. The maximum atomic E-state index is 10.4. The summed E-state index contributed by atoms with van der Waals surface area (Å²) in [6.45, 7) is 3.64. The molecule has 0 rings (SSSR count). The van der Waals surface area contributed by atoms with E-state index in [1.54, 1.807) is 0 Å². The van der Waals surface area contributed by atoms with Crippen LogP contribution in [-0.4, -0.2) is 28.0 Å². The van der Waals surface area contributed by atoms with Crippen LogP contribution in [-0.2, 0) is 4.79 Å². The van der Waals surface area contributed by atoms with E-state index in [-0.39, 0.29) is 4.31 Å². The molecule has 9 heavy (non-hydrogen) atoms. The third-order valence-corrected chi connectivity index (χ3v) is 1.59. The zero-order valence-electron chi connectivity index (χ0n) is 5.55. The van der Waals surface area contributed by atoms with Crippen molar-refractivity contribution < 1.29 is 4.79 Å². The molecule has 0 aromatic rings. The molecule has 0 fully saturated rings. The van der Waals surface area contributed by atoms with E-state index in [1.165, 1.54) is 0 Å². The summed E-state index contributed by atoms with van der Waals surface area (Å²) in [5.74, 6) is -0.473. The molecule has 0 aromatic heterocycles. The molecular formula is C5H11N2OSe. The van der Waals surface area contributed by atoms with E-state index in [4.69, 9.17) is 11.5 Å². The van der Waals surface area contributed by atoms with Crippen LogP contribution < -0.4 is 11.5 Å². The van der Waals surface area contributed by atoms with E-state index in [9.17, 15) is 4.79 Å². The summed E-state index contributed by atoms with van der Waals surface area (Å²) in [5, 5.41) is 0. The number of nitrogens with two attached hydrogens (primary N) is 2. The normalized spacial score (nSPS) is 15.1. The third-order valence-electron chi connectivity index (χ3n) is 1.06. The average Bonchev–Trinajstić information content (AvgIpc) is 1.62. The van der Waals surface area contributed by atoms with Crippen molar-refractivity contribution in [3.8, 4) is 0 Å². The first-order chi connectivity index (χ1) is 3.85. The molecule has 0 aliphatic rings. The molecule has 0 unspecified atom stereocenters. The van der Waals surface area contributed by atoms with Crippen LogP contribution in [0, 0.1) is 0 Å². The first-order valence-corrected chi connectivity index (χ1v) is 3.46. The Morgan fingerprint density at radius 2 is 2.00 bits per heavy atom. The summed E-state index contributed by atoms with van der Waals surface area (Å²) in [7, 11) is 0. The van der Waals surface area contributed by atoms with Crippen molar-refractivity contribution in [3.63, 3.8) is 0 Å². The molecule has 53 valence electrons. The van der Waals surface area contributed by atoms with Crippen LogP contribution in [0.2, 0.25) is 4.31 Å².